The van der Waals surface area contributed by atoms with Crippen molar-refractivity contribution in [1.29, 1.82) is 0 Å². The molecule has 2 N–H and O–H groups in total. The number of aromatic nitrogens is 2. The van der Waals surface area contributed by atoms with Crippen LogP contribution in [0.4, 0.5) is 0 Å². The predicted molar refractivity (Wildman–Crippen MR) is 57.1 cm³/mol. The van der Waals surface area contributed by atoms with Crippen LogP contribution >= 0.6 is 0 Å². The lowest BCUT2D eigenvalue weighted by Gasteiger charge is -2.20. The molecule has 0 aromatic carbocycles. The van der Waals surface area contributed by atoms with E-state index in [9.17, 15) is 4.79 Å². The summed E-state index contributed by atoms with van der Waals surface area (Å²) in [5.74, 6) is 0.976. The SMILES string of the molecule is NC(=O)c1cc(-c2nc(C3CCC3)no2)co1. The summed E-state index contributed by atoms with van der Waals surface area (Å²) in [7, 11) is 0. The number of hydrogen-bond donors (Lipinski definition) is 1. The minimum absolute atomic E-state index is 0.0865. The molecule has 88 valence electrons. The van der Waals surface area contributed by atoms with Gasteiger partial charge in [0.15, 0.2) is 11.6 Å². The number of hydrogen-bond acceptors (Lipinski definition) is 5. The molecule has 1 saturated carbocycles. The number of rotatable bonds is 3. The molecule has 2 aromatic rings. The Morgan fingerprint density at radius 1 is 1.47 bits per heavy atom. The van der Waals surface area contributed by atoms with E-state index in [1.54, 1.807) is 0 Å². The van der Waals surface area contributed by atoms with Crippen LogP contribution in [-0.2, 0) is 0 Å². The zero-order chi connectivity index (χ0) is 11.8. The molecular weight excluding hydrogens is 222 g/mol. The van der Waals surface area contributed by atoms with Crippen LogP contribution in [0.5, 0.6) is 0 Å². The standard InChI is InChI=1S/C11H11N3O3/c12-9(15)8-4-7(5-16-8)11-13-10(14-17-11)6-2-1-3-6/h4-6H,1-3H2,(H2,12,15). The Hall–Kier alpha value is -2.11. The molecule has 0 atom stereocenters. The van der Waals surface area contributed by atoms with Gasteiger partial charge in [0.25, 0.3) is 11.8 Å². The van der Waals surface area contributed by atoms with Gasteiger partial charge in [0, 0.05) is 12.0 Å². The molecule has 0 unspecified atom stereocenters. The zero-order valence-electron chi connectivity index (χ0n) is 9.05. The lowest BCUT2D eigenvalue weighted by molar-refractivity contribution is 0.0974. The third kappa shape index (κ3) is 1.71. The Morgan fingerprint density at radius 3 is 2.88 bits per heavy atom. The summed E-state index contributed by atoms with van der Waals surface area (Å²) >= 11 is 0. The molecule has 6 nitrogen and oxygen atoms in total. The molecule has 1 aliphatic carbocycles. The Morgan fingerprint density at radius 2 is 2.29 bits per heavy atom. The summed E-state index contributed by atoms with van der Waals surface area (Å²) in [6.45, 7) is 0. The average molecular weight is 233 g/mol. The first kappa shape index (κ1) is 10.1. The maximum absolute atomic E-state index is 10.9. The smallest absolute Gasteiger partial charge is 0.284 e. The second-order valence-electron chi connectivity index (χ2n) is 4.15. The van der Waals surface area contributed by atoms with E-state index in [1.807, 2.05) is 0 Å². The first-order valence-electron chi connectivity index (χ1n) is 5.46. The van der Waals surface area contributed by atoms with Crippen LogP contribution in [0.3, 0.4) is 0 Å². The highest BCUT2D eigenvalue weighted by atomic mass is 16.5. The first-order valence-corrected chi connectivity index (χ1v) is 5.46. The summed E-state index contributed by atoms with van der Waals surface area (Å²) in [5, 5.41) is 3.92. The second-order valence-corrected chi connectivity index (χ2v) is 4.15. The summed E-state index contributed by atoms with van der Waals surface area (Å²) in [6.07, 6.45) is 4.82. The van der Waals surface area contributed by atoms with Gasteiger partial charge in [-0.2, -0.15) is 4.98 Å². The van der Waals surface area contributed by atoms with Gasteiger partial charge < -0.3 is 14.7 Å². The predicted octanol–water partition coefficient (Wildman–Crippen LogP) is 1.70. The van der Waals surface area contributed by atoms with E-state index in [2.05, 4.69) is 10.1 Å². The van der Waals surface area contributed by atoms with E-state index >= 15 is 0 Å². The highest BCUT2D eigenvalue weighted by Crippen LogP contribution is 2.35. The van der Waals surface area contributed by atoms with E-state index < -0.39 is 5.91 Å². The number of carbonyl (C=O) groups is 1. The summed E-state index contributed by atoms with van der Waals surface area (Å²) in [5.41, 5.74) is 5.67. The lowest BCUT2D eigenvalue weighted by Crippen LogP contribution is -2.10. The third-order valence-corrected chi connectivity index (χ3v) is 3.00. The topological polar surface area (TPSA) is 95.2 Å². The fraction of sp³-hybridized carbons (Fsp3) is 0.364. The van der Waals surface area contributed by atoms with Crippen molar-refractivity contribution in [2.45, 2.75) is 25.2 Å². The summed E-state index contributed by atoms with van der Waals surface area (Å²) < 4.78 is 10.1. The van der Waals surface area contributed by atoms with Crippen molar-refractivity contribution >= 4 is 5.91 Å². The minimum atomic E-state index is -0.616. The van der Waals surface area contributed by atoms with Crippen LogP contribution in [0.2, 0.25) is 0 Å². The van der Waals surface area contributed by atoms with Gasteiger partial charge in [0.2, 0.25) is 0 Å². The van der Waals surface area contributed by atoms with Crippen LogP contribution in [0.25, 0.3) is 11.5 Å². The van der Waals surface area contributed by atoms with Crippen molar-refractivity contribution in [3.8, 4) is 11.5 Å². The molecule has 1 fully saturated rings. The molecule has 0 aliphatic heterocycles. The number of amides is 1. The first-order chi connectivity index (χ1) is 8.24. The molecule has 0 radical (unpaired) electrons. The molecule has 3 rings (SSSR count). The zero-order valence-corrected chi connectivity index (χ0v) is 9.05. The van der Waals surface area contributed by atoms with Crippen LogP contribution < -0.4 is 5.73 Å². The number of furan rings is 1. The van der Waals surface area contributed by atoms with Gasteiger partial charge in [-0.05, 0) is 12.8 Å². The van der Waals surface area contributed by atoms with Crippen LogP contribution in [0.15, 0.2) is 21.3 Å². The van der Waals surface area contributed by atoms with Gasteiger partial charge >= 0.3 is 0 Å². The largest absolute Gasteiger partial charge is 0.458 e. The van der Waals surface area contributed by atoms with Gasteiger partial charge in [0.1, 0.15) is 6.26 Å². The number of nitrogens with two attached hydrogens (primary N) is 1. The molecule has 2 aromatic heterocycles. The second kappa shape index (κ2) is 3.73. The Kier molecular flexibility index (Phi) is 2.21. The normalized spacial score (nSPS) is 15.8. The van der Waals surface area contributed by atoms with E-state index in [0.717, 1.165) is 18.7 Å². The van der Waals surface area contributed by atoms with E-state index in [-0.39, 0.29) is 5.76 Å². The van der Waals surface area contributed by atoms with Crippen molar-refractivity contribution in [2.24, 2.45) is 5.73 Å². The Bertz CT molecular complexity index is 554. The van der Waals surface area contributed by atoms with Crippen molar-refractivity contribution in [1.82, 2.24) is 10.1 Å². The number of carbonyl (C=O) groups excluding carboxylic acids is 1. The van der Waals surface area contributed by atoms with Crippen molar-refractivity contribution < 1.29 is 13.7 Å². The fourth-order valence-electron chi connectivity index (χ4n) is 1.76. The highest BCUT2D eigenvalue weighted by Gasteiger charge is 2.25. The number of nitrogens with zero attached hydrogens (tertiary/aromatic N) is 2. The monoisotopic (exact) mass is 233 g/mol. The van der Waals surface area contributed by atoms with Gasteiger partial charge in [-0.25, -0.2) is 0 Å². The maximum Gasteiger partial charge on any atom is 0.284 e. The molecule has 17 heavy (non-hydrogen) atoms. The van der Waals surface area contributed by atoms with Crippen LogP contribution in [-0.4, -0.2) is 16.0 Å². The quantitative estimate of drug-likeness (QED) is 0.870. The van der Waals surface area contributed by atoms with E-state index in [0.29, 0.717) is 17.4 Å². The van der Waals surface area contributed by atoms with Gasteiger partial charge in [-0.3, -0.25) is 4.79 Å². The molecule has 1 aliphatic rings. The van der Waals surface area contributed by atoms with Crippen molar-refractivity contribution in [2.75, 3.05) is 0 Å². The fourth-order valence-corrected chi connectivity index (χ4v) is 1.76. The number of primary amides is 1. The summed E-state index contributed by atoms with van der Waals surface area (Å²) in [6, 6.07) is 1.50. The molecule has 2 heterocycles. The third-order valence-electron chi connectivity index (χ3n) is 3.00. The van der Waals surface area contributed by atoms with E-state index in [1.165, 1.54) is 18.8 Å². The van der Waals surface area contributed by atoms with Crippen LogP contribution in [0, 0.1) is 0 Å². The molecule has 0 bridgehead atoms. The Labute approximate surface area is 96.8 Å². The van der Waals surface area contributed by atoms with Crippen molar-refractivity contribution in [3.05, 3.63) is 23.9 Å². The summed E-state index contributed by atoms with van der Waals surface area (Å²) in [4.78, 5) is 15.2. The molecule has 1 amide bonds. The van der Waals surface area contributed by atoms with Gasteiger partial charge in [-0.1, -0.05) is 11.6 Å². The Balaban J connectivity index is 1.87. The molecule has 0 saturated heterocycles. The van der Waals surface area contributed by atoms with Crippen molar-refractivity contribution in [3.63, 3.8) is 0 Å². The lowest BCUT2D eigenvalue weighted by atomic mass is 9.85. The minimum Gasteiger partial charge on any atom is -0.458 e. The highest BCUT2D eigenvalue weighted by molar-refractivity contribution is 5.91. The molecule has 6 heteroatoms. The maximum atomic E-state index is 10.9. The van der Waals surface area contributed by atoms with Gasteiger partial charge in [-0.15, -0.1) is 0 Å². The van der Waals surface area contributed by atoms with Crippen LogP contribution in [0.1, 0.15) is 41.6 Å². The average Bonchev–Trinajstić information content (AvgIpc) is 2.80. The van der Waals surface area contributed by atoms with E-state index in [4.69, 9.17) is 14.7 Å². The molecular formula is C11H11N3O3. The molecule has 0 spiro atoms. The van der Waals surface area contributed by atoms with Gasteiger partial charge in [0.05, 0.1) is 5.56 Å².